The molecule has 0 saturated heterocycles. The van der Waals surface area contributed by atoms with E-state index in [9.17, 15) is 5.21 Å². The van der Waals surface area contributed by atoms with Crippen molar-refractivity contribution in [2.45, 2.75) is 20.3 Å². The van der Waals surface area contributed by atoms with E-state index in [0.29, 0.717) is 6.42 Å². The van der Waals surface area contributed by atoms with E-state index >= 15 is 0 Å². The van der Waals surface area contributed by atoms with Gasteiger partial charge in [-0.25, -0.2) is 9.97 Å². The number of hydrogen-bond donors (Lipinski definition) is 1. The number of imidazole rings is 1. The summed E-state index contributed by atoms with van der Waals surface area (Å²) in [5.74, 6) is 0. The highest BCUT2D eigenvalue weighted by atomic mass is 32.1. The average Bonchev–Trinajstić information content (AvgIpc) is 3.18. The molecule has 0 fully saturated rings. The Morgan fingerprint density at radius 3 is 2.81 bits per heavy atom. The molecule has 0 atom stereocenters. The third kappa shape index (κ3) is 2.95. The molecule has 0 aliphatic rings. The van der Waals surface area contributed by atoms with Crippen LogP contribution in [0.15, 0.2) is 42.9 Å². The Bertz CT molecular complexity index is 1080. The summed E-state index contributed by atoms with van der Waals surface area (Å²) in [7, 11) is 1.61. The lowest BCUT2D eigenvalue weighted by Crippen LogP contribution is -2.10. The lowest BCUT2D eigenvalue weighted by molar-refractivity contribution is 0.279. The molecular weight excluding hydrogens is 346 g/mol. The maximum Gasteiger partial charge on any atom is 0.159 e. The largest absolute Gasteiger partial charge is 0.296 e. The third-order valence-corrected chi connectivity index (χ3v) is 5.39. The van der Waals surface area contributed by atoms with Crippen molar-refractivity contribution >= 4 is 22.7 Å². The molecule has 0 saturated carbocycles. The van der Waals surface area contributed by atoms with E-state index in [4.69, 9.17) is 0 Å². The number of hydroxylamine groups is 1. The van der Waals surface area contributed by atoms with Crippen molar-refractivity contribution in [1.29, 1.82) is 0 Å². The molecule has 4 rings (SSSR count). The van der Waals surface area contributed by atoms with Gasteiger partial charge in [-0.15, -0.1) is 11.3 Å². The smallest absolute Gasteiger partial charge is 0.159 e. The quantitative estimate of drug-likeness (QED) is 0.556. The van der Waals surface area contributed by atoms with Crippen LogP contribution in [-0.4, -0.2) is 31.6 Å². The maximum atomic E-state index is 9.64. The van der Waals surface area contributed by atoms with Gasteiger partial charge in [0, 0.05) is 25.9 Å². The van der Waals surface area contributed by atoms with Gasteiger partial charge in [0.15, 0.2) is 5.65 Å². The van der Waals surface area contributed by atoms with E-state index in [0.717, 1.165) is 48.9 Å². The molecule has 3 aromatic heterocycles. The lowest BCUT2D eigenvalue weighted by atomic mass is 10.1. The van der Waals surface area contributed by atoms with Gasteiger partial charge in [0.1, 0.15) is 0 Å². The second kappa shape index (κ2) is 6.51. The van der Waals surface area contributed by atoms with Crippen LogP contribution in [0.5, 0.6) is 0 Å². The molecule has 1 aromatic carbocycles. The molecule has 7 heteroatoms. The van der Waals surface area contributed by atoms with Crippen LogP contribution >= 0.6 is 11.3 Å². The van der Waals surface area contributed by atoms with E-state index in [1.165, 1.54) is 0 Å². The molecule has 0 aliphatic heterocycles. The number of aromatic nitrogens is 4. The molecule has 3 heterocycles. The van der Waals surface area contributed by atoms with Crippen LogP contribution in [0.2, 0.25) is 0 Å². The molecule has 0 radical (unpaired) electrons. The zero-order valence-electron chi connectivity index (χ0n) is 14.8. The molecule has 132 valence electrons. The molecular formula is C19H19N5OS. The van der Waals surface area contributed by atoms with Crippen molar-refractivity contribution in [3.63, 3.8) is 0 Å². The molecule has 0 amide bonds. The highest BCUT2D eigenvalue weighted by molar-refractivity contribution is 7.15. The number of fused-ring (bicyclic) bond motifs is 1. The van der Waals surface area contributed by atoms with Crippen molar-refractivity contribution in [3.05, 3.63) is 64.8 Å². The van der Waals surface area contributed by atoms with Crippen LogP contribution in [-0.2, 0) is 6.42 Å². The van der Waals surface area contributed by atoms with Crippen LogP contribution < -0.4 is 5.06 Å². The van der Waals surface area contributed by atoms with Gasteiger partial charge in [-0.2, -0.15) is 0 Å². The summed E-state index contributed by atoms with van der Waals surface area (Å²) in [6, 6.07) is 7.77. The highest BCUT2D eigenvalue weighted by Crippen LogP contribution is 2.30. The molecule has 4 aromatic rings. The predicted molar refractivity (Wildman–Crippen MR) is 103 cm³/mol. The number of anilines is 1. The number of thiazole rings is 1. The van der Waals surface area contributed by atoms with Crippen molar-refractivity contribution in [2.75, 3.05) is 12.1 Å². The van der Waals surface area contributed by atoms with Gasteiger partial charge < -0.3 is 0 Å². The summed E-state index contributed by atoms with van der Waals surface area (Å²) < 4.78 is 2.07. The Kier molecular flexibility index (Phi) is 4.18. The van der Waals surface area contributed by atoms with Gasteiger partial charge in [0.05, 0.1) is 38.9 Å². The molecule has 26 heavy (non-hydrogen) atoms. The third-order valence-electron chi connectivity index (χ3n) is 4.29. The standard InChI is InChI=1S/C19H19N5OS/c1-12-18(26-13(2)22-12)17-11-21-19-16(20-7-8-24(17)19)10-14-5-4-6-15(9-14)23(3)25/h4-9,11,25H,10H2,1-3H3. The SMILES string of the molecule is Cc1nc(C)c(-c2cnc3c(Cc4cccc(N(C)O)c4)nccn23)s1. The molecule has 0 bridgehead atoms. The summed E-state index contributed by atoms with van der Waals surface area (Å²) in [5.41, 5.74) is 5.61. The fourth-order valence-electron chi connectivity index (χ4n) is 3.10. The Morgan fingerprint density at radius 2 is 2.08 bits per heavy atom. The number of aryl methyl sites for hydroxylation is 2. The van der Waals surface area contributed by atoms with Gasteiger partial charge in [-0.05, 0) is 31.5 Å². The fraction of sp³-hybridized carbons (Fsp3) is 0.211. The average molecular weight is 365 g/mol. The molecule has 6 nitrogen and oxygen atoms in total. The number of nitrogens with zero attached hydrogens (tertiary/aromatic N) is 5. The normalized spacial score (nSPS) is 11.2. The monoisotopic (exact) mass is 365 g/mol. The topological polar surface area (TPSA) is 66.5 Å². The molecule has 0 unspecified atom stereocenters. The summed E-state index contributed by atoms with van der Waals surface area (Å²) in [4.78, 5) is 14.8. The fourth-order valence-corrected chi connectivity index (χ4v) is 4.02. The first-order chi connectivity index (χ1) is 12.5. The van der Waals surface area contributed by atoms with E-state index in [1.807, 2.05) is 50.5 Å². The Morgan fingerprint density at radius 1 is 1.23 bits per heavy atom. The van der Waals surface area contributed by atoms with Crippen LogP contribution in [0.3, 0.4) is 0 Å². The first-order valence-corrected chi connectivity index (χ1v) is 9.11. The molecule has 0 spiro atoms. The van der Waals surface area contributed by atoms with E-state index in [1.54, 1.807) is 24.6 Å². The van der Waals surface area contributed by atoms with Crippen LogP contribution in [0.1, 0.15) is 22.0 Å². The number of rotatable bonds is 4. The summed E-state index contributed by atoms with van der Waals surface area (Å²) in [6.07, 6.45) is 6.27. The van der Waals surface area contributed by atoms with Crippen LogP contribution in [0.4, 0.5) is 5.69 Å². The first-order valence-electron chi connectivity index (χ1n) is 8.30. The van der Waals surface area contributed by atoms with Gasteiger partial charge >= 0.3 is 0 Å². The van der Waals surface area contributed by atoms with Gasteiger partial charge in [-0.1, -0.05) is 12.1 Å². The van der Waals surface area contributed by atoms with Crippen LogP contribution in [0.25, 0.3) is 16.2 Å². The molecule has 1 N–H and O–H groups in total. The minimum atomic E-state index is 0.642. The van der Waals surface area contributed by atoms with E-state index < -0.39 is 0 Å². The molecule has 0 aliphatic carbocycles. The zero-order valence-corrected chi connectivity index (χ0v) is 15.7. The van der Waals surface area contributed by atoms with E-state index in [2.05, 4.69) is 19.4 Å². The minimum Gasteiger partial charge on any atom is -0.296 e. The van der Waals surface area contributed by atoms with Gasteiger partial charge in [-0.3, -0.25) is 19.7 Å². The van der Waals surface area contributed by atoms with E-state index in [-0.39, 0.29) is 0 Å². The second-order valence-electron chi connectivity index (χ2n) is 6.23. The Hall–Kier alpha value is -2.77. The minimum absolute atomic E-state index is 0.642. The first kappa shape index (κ1) is 16.7. The van der Waals surface area contributed by atoms with Gasteiger partial charge in [0.25, 0.3) is 0 Å². The number of benzene rings is 1. The van der Waals surface area contributed by atoms with Crippen LogP contribution in [0, 0.1) is 13.8 Å². The summed E-state index contributed by atoms with van der Waals surface area (Å²) in [5, 5.41) is 11.8. The Labute approximate surface area is 155 Å². The summed E-state index contributed by atoms with van der Waals surface area (Å²) >= 11 is 1.68. The van der Waals surface area contributed by atoms with Crippen molar-refractivity contribution in [1.82, 2.24) is 19.4 Å². The maximum absolute atomic E-state index is 9.64. The highest BCUT2D eigenvalue weighted by Gasteiger charge is 2.15. The second-order valence-corrected chi connectivity index (χ2v) is 7.43. The lowest BCUT2D eigenvalue weighted by Gasteiger charge is -2.11. The predicted octanol–water partition coefficient (Wildman–Crippen LogP) is 3.89. The van der Waals surface area contributed by atoms with Gasteiger partial charge in [0.2, 0.25) is 0 Å². The van der Waals surface area contributed by atoms with Crippen molar-refractivity contribution < 1.29 is 5.21 Å². The zero-order chi connectivity index (χ0) is 18.3. The Balaban J connectivity index is 1.76. The summed E-state index contributed by atoms with van der Waals surface area (Å²) in [6.45, 7) is 4.04. The number of hydrogen-bond acceptors (Lipinski definition) is 6. The van der Waals surface area contributed by atoms with Crippen molar-refractivity contribution in [2.24, 2.45) is 0 Å². The van der Waals surface area contributed by atoms with Crippen molar-refractivity contribution in [3.8, 4) is 10.6 Å².